The topological polar surface area (TPSA) is 91.2 Å². The second-order valence-corrected chi connectivity index (χ2v) is 6.79. The highest BCUT2D eigenvalue weighted by Gasteiger charge is 2.28. The molecule has 1 aromatic carbocycles. The fraction of sp³-hybridized carbons (Fsp3) is 0.474. The molecule has 1 saturated heterocycles. The molecule has 8 heteroatoms. The number of nitrogens with zero attached hydrogens (tertiary/aromatic N) is 4. The van der Waals surface area contributed by atoms with E-state index in [0.717, 1.165) is 12.1 Å². The second-order valence-electron chi connectivity index (χ2n) is 6.79. The summed E-state index contributed by atoms with van der Waals surface area (Å²) in [6, 6.07) is 7.01. The largest absolute Gasteiger partial charge is 0.379 e. The van der Waals surface area contributed by atoms with Gasteiger partial charge in [0.2, 0.25) is 0 Å². The predicted octanol–water partition coefficient (Wildman–Crippen LogP) is 1.84. The highest BCUT2D eigenvalue weighted by Crippen LogP contribution is 2.15. The van der Waals surface area contributed by atoms with E-state index in [4.69, 9.17) is 9.47 Å². The first kappa shape index (κ1) is 19.2. The number of aryl methyl sites for hydroxylation is 1. The Morgan fingerprint density at radius 1 is 1.44 bits per heavy atom. The Labute approximate surface area is 158 Å². The van der Waals surface area contributed by atoms with Crippen LogP contribution in [0, 0.1) is 6.92 Å². The quantitative estimate of drug-likeness (QED) is 0.779. The van der Waals surface area contributed by atoms with Crippen LogP contribution in [0.1, 0.15) is 36.5 Å². The number of allylic oxidation sites excluding steroid dienone is 1. The Morgan fingerprint density at radius 3 is 3.04 bits per heavy atom. The number of hydrogen-bond acceptors (Lipinski definition) is 6. The van der Waals surface area contributed by atoms with E-state index >= 15 is 0 Å². The predicted molar refractivity (Wildman–Crippen MR) is 99.8 cm³/mol. The number of benzene rings is 1. The molecule has 27 heavy (non-hydrogen) atoms. The van der Waals surface area contributed by atoms with Crippen molar-refractivity contribution in [2.45, 2.75) is 39.3 Å². The Bertz CT molecular complexity index is 813. The summed E-state index contributed by atoms with van der Waals surface area (Å²) in [6.07, 6.45) is 2.72. The Hall–Kier alpha value is -2.58. The number of carbonyl (C=O) groups excluding carboxylic acids is 1. The van der Waals surface area contributed by atoms with Gasteiger partial charge in [0.15, 0.2) is 5.82 Å². The molecule has 2 heterocycles. The van der Waals surface area contributed by atoms with E-state index in [2.05, 4.69) is 20.8 Å². The minimum Gasteiger partial charge on any atom is -0.379 e. The maximum absolute atomic E-state index is 12.8. The SMILES string of the molecule is CC(C)=CCO[C@H]1CCOC[C@H]1NC(=O)c1cccc(-n2nnnc2C)c1. The summed E-state index contributed by atoms with van der Waals surface area (Å²) in [5.41, 5.74) is 2.48. The van der Waals surface area contributed by atoms with Gasteiger partial charge in [0.05, 0.1) is 31.0 Å². The van der Waals surface area contributed by atoms with Gasteiger partial charge < -0.3 is 14.8 Å². The molecule has 8 nitrogen and oxygen atoms in total. The number of carbonyl (C=O) groups is 1. The molecule has 2 atom stereocenters. The first-order valence-corrected chi connectivity index (χ1v) is 9.03. The zero-order valence-corrected chi connectivity index (χ0v) is 15.9. The molecule has 0 saturated carbocycles. The average molecular weight is 371 g/mol. The molecule has 144 valence electrons. The van der Waals surface area contributed by atoms with Gasteiger partial charge in [-0.1, -0.05) is 17.7 Å². The standard InChI is InChI=1S/C19H25N5O3/c1-13(2)7-10-27-18-8-9-26-12-17(18)20-19(25)15-5-4-6-16(11-15)24-14(3)21-22-23-24/h4-7,11,17-18H,8-10,12H2,1-3H3,(H,20,25)/t17-,18+/m1/s1. The van der Waals surface area contributed by atoms with Crippen LogP contribution >= 0.6 is 0 Å². The number of aromatic nitrogens is 4. The van der Waals surface area contributed by atoms with Crippen LogP contribution in [-0.4, -0.2) is 58.1 Å². The van der Waals surface area contributed by atoms with E-state index in [0.29, 0.717) is 31.2 Å². The minimum absolute atomic E-state index is 0.0664. The van der Waals surface area contributed by atoms with Crippen molar-refractivity contribution in [2.24, 2.45) is 0 Å². The molecule has 0 bridgehead atoms. The van der Waals surface area contributed by atoms with Gasteiger partial charge in [0.25, 0.3) is 5.91 Å². The molecule has 1 aliphatic rings. The summed E-state index contributed by atoms with van der Waals surface area (Å²) in [5, 5.41) is 14.5. The van der Waals surface area contributed by atoms with Crippen molar-refractivity contribution < 1.29 is 14.3 Å². The molecule has 0 unspecified atom stereocenters. The summed E-state index contributed by atoms with van der Waals surface area (Å²) < 4.78 is 13.1. The summed E-state index contributed by atoms with van der Waals surface area (Å²) in [4.78, 5) is 12.8. The number of hydrogen-bond donors (Lipinski definition) is 1. The van der Waals surface area contributed by atoms with Crippen LogP contribution in [0.4, 0.5) is 0 Å². The van der Waals surface area contributed by atoms with E-state index in [-0.39, 0.29) is 18.1 Å². The Balaban J connectivity index is 1.68. The van der Waals surface area contributed by atoms with Gasteiger partial charge in [-0.3, -0.25) is 4.79 Å². The lowest BCUT2D eigenvalue weighted by Crippen LogP contribution is -2.50. The summed E-state index contributed by atoms with van der Waals surface area (Å²) in [5.74, 6) is 0.481. The van der Waals surface area contributed by atoms with Crippen molar-refractivity contribution in [2.75, 3.05) is 19.8 Å². The molecular formula is C19H25N5O3. The molecule has 1 aliphatic heterocycles. The van der Waals surface area contributed by atoms with Gasteiger partial charge in [0.1, 0.15) is 0 Å². The third-order valence-corrected chi connectivity index (χ3v) is 4.39. The summed E-state index contributed by atoms with van der Waals surface area (Å²) in [6.45, 7) is 7.49. The molecule has 2 aromatic rings. The van der Waals surface area contributed by atoms with Crippen LogP contribution < -0.4 is 5.32 Å². The maximum atomic E-state index is 12.8. The molecule has 1 amide bonds. The zero-order valence-electron chi connectivity index (χ0n) is 15.9. The third-order valence-electron chi connectivity index (χ3n) is 4.39. The van der Waals surface area contributed by atoms with E-state index in [1.54, 1.807) is 23.7 Å². The number of nitrogens with one attached hydrogen (secondary N) is 1. The number of ether oxygens (including phenoxy) is 2. The van der Waals surface area contributed by atoms with Gasteiger partial charge in [-0.05, 0) is 55.8 Å². The first-order valence-electron chi connectivity index (χ1n) is 9.03. The first-order chi connectivity index (χ1) is 13.0. The van der Waals surface area contributed by atoms with Gasteiger partial charge in [-0.2, -0.15) is 4.68 Å². The van der Waals surface area contributed by atoms with Crippen LogP contribution in [-0.2, 0) is 9.47 Å². The van der Waals surface area contributed by atoms with E-state index in [9.17, 15) is 4.79 Å². The van der Waals surface area contributed by atoms with Gasteiger partial charge >= 0.3 is 0 Å². The molecule has 0 spiro atoms. The lowest BCUT2D eigenvalue weighted by Gasteiger charge is -2.32. The van der Waals surface area contributed by atoms with E-state index < -0.39 is 0 Å². The van der Waals surface area contributed by atoms with E-state index in [1.807, 2.05) is 32.1 Å². The zero-order chi connectivity index (χ0) is 19.2. The highest BCUT2D eigenvalue weighted by molar-refractivity contribution is 5.95. The number of amides is 1. The van der Waals surface area contributed by atoms with Gasteiger partial charge in [-0.15, -0.1) is 5.10 Å². The molecule has 1 aromatic heterocycles. The lowest BCUT2D eigenvalue weighted by atomic mass is 10.1. The van der Waals surface area contributed by atoms with Crippen molar-refractivity contribution in [3.8, 4) is 5.69 Å². The fourth-order valence-electron chi connectivity index (χ4n) is 2.89. The van der Waals surface area contributed by atoms with Gasteiger partial charge in [0, 0.05) is 12.2 Å². The fourth-order valence-corrected chi connectivity index (χ4v) is 2.89. The number of tetrazole rings is 1. The van der Waals surface area contributed by atoms with Crippen molar-refractivity contribution in [3.05, 3.63) is 47.3 Å². The van der Waals surface area contributed by atoms with Crippen molar-refractivity contribution in [1.29, 1.82) is 0 Å². The van der Waals surface area contributed by atoms with Crippen LogP contribution in [0.3, 0.4) is 0 Å². The molecule has 1 N–H and O–H groups in total. The monoisotopic (exact) mass is 371 g/mol. The Kier molecular flexibility index (Phi) is 6.31. The molecule has 1 fully saturated rings. The number of rotatable bonds is 6. The summed E-state index contributed by atoms with van der Waals surface area (Å²) >= 11 is 0. The van der Waals surface area contributed by atoms with E-state index in [1.165, 1.54) is 5.57 Å². The van der Waals surface area contributed by atoms with Crippen LogP contribution in [0.2, 0.25) is 0 Å². The maximum Gasteiger partial charge on any atom is 0.251 e. The Morgan fingerprint density at radius 2 is 2.30 bits per heavy atom. The minimum atomic E-state index is -0.185. The molecular weight excluding hydrogens is 346 g/mol. The van der Waals surface area contributed by atoms with Crippen LogP contribution in [0.15, 0.2) is 35.9 Å². The summed E-state index contributed by atoms with van der Waals surface area (Å²) in [7, 11) is 0. The van der Waals surface area contributed by atoms with Crippen molar-refractivity contribution in [3.63, 3.8) is 0 Å². The smallest absolute Gasteiger partial charge is 0.251 e. The lowest BCUT2D eigenvalue weighted by molar-refractivity contribution is -0.0457. The third kappa shape index (κ3) is 4.99. The van der Waals surface area contributed by atoms with Crippen molar-refractivity contribution >= 4 is 5.91 Å². The normalized spacial score (nSPS) is 19.5. The van der Waals surface area contributed by atoms with Crippen molar-refractivity contribution in [1.82, 2.24) is 25.5 Å². The molecule has 0 aliphatic carbocycles. The molecule has 3 rings (SSSR count). The van der Waals surface area contributed by atoms with Crippen LogP contribution in [0.5, 0.6) is 0 Å². The van der Waals surface area contributed by atoms with Gasteiger partial charge in [-0.25, -0.2) is 0 Å². The van der Waals surface area contributed by atoms with Crippen LogP contribution in [0.25, 0.3) is 5.69 Å². The molecule has 0 radical (unpaired) electrons. The second kappa shape index (κ2) is 8.88. The highest BCUT2D eigenvalue weighted by atomic mass is 16.5. The average Bonchev–Trinajstić information content (AvgIpc) is 3.09.